The molecule has 0 spiro atoms. The van der Waals surface area contributed by atoms with Crippen molar-refractivity contribution in [2.24, 2.45) is 0 Å². The molecule has 1 aliphatic rings. The van der Waals surface area contributed by atoms with Crippen LogP contribution >= 0.6 is 11.8 Å². The number of rotatable bonds is 6. The van der Waals surface area contributed by atoms with Gasteiger partial charge in [0.1, 0.15) is 5.82 Å². The van der Waals surface area contributed by atoms with Crippen molar-refractivity contribution in [1.82, 2.24) is 4.98 Å². The van der Waals surface area contributed by atoms with Crippen molar-refractivity contribution in [3.05, 3.63) is 22.2 Å². The SMILES string of the molecule is CCNc1ccc([N+](=O)[O-])c(NC2CCCC2SC)n1. The fraction of sp³-hybridized carbons (Fsp3) is 0.615. The number of pyridine rings is 1. The molecule has 1 aliphatic carbocycles. The summed E-state index contributed by atoms with van der Waals surface area (Å²) in [6, 6.07) is 3.41. The first-order valence-corrected chi connectivity index (χ1v) is 8.13. The Balaban J connectivity index is 2.23. The van der Waals surface area contributed by atoms with Gasteiger partial charge in [0.25, 0.3) is 0 Å². The Morgan fingerprint density at radius 1 is 1.50 bits per heavy atom. The first-order valence-electron chi connectivity index (χ1n) is 6.84. The molecule has 7 heteroatoms. The van der Waals surface area contributed by atoms with Crippen LogP contribution in [0.1, 0.15) is 26.2 Å². The number of anilines is 2. The number of aromatic nitrogens is 1. The van der Waals surface area contributed by atoms with E-state index >= 15 is 0 Å². The minimum absolute atomic E-state index is 0.0402. The van der Waals surface area contributed by atoms with Gasteiger partial charge in [-0.05, 0) is 32.1 Å². The lowest BCUT2D eigenvalue weighted by Crippen LogP contribution is -2.26. The molecule has 2 atom stereocenters. The predicted molar refractivity (Wildman–Crippen MR) is 83.6 cm³/mol. The highest BCUT2D eigenvalue weighted by atomic mass is 32.2. The highest BCUT2D eigenvalue weighted by Gasteiger charge is 2.29. The molecule has 0 bridgehead atoms. The van der Waals surface area contributed by atoms with E-state index in [0.29, 0.717) is 16.9 Å². The van der Waals surface area contributed by atoms with Crippen molar-refractivity contribution in [3.8, 4) is 0 Å². The van der Waals surface area contributed by atoms with Crippen LogP contribution in [0, 0.1) is 10.1 Å². The molecular weight excluding hydrogens is 276 g/mol. The van der Waals surface area contributed by atoms with Gasteiger partial charge in [0, 0.05) is 23.9 Å². The van der Waals surface area contributed by atoms with Gasteiger partial charge in [-0.25, -0.2) is 4.98 Å². The second-order valence-electron chi connectivity index (χ2n) is 4.81. The summed E-state index contributed by atoms with van der Waals surface area (Å²) in [6.07, 6.45) is 5.43. The largest absolute Gasteiger partial charge is 0.370 e. The first-order chi connectivity index (χ1) is 9.65. The Morgan fingerprint density at radius 2 is 2.30 bits per heavy atom. The zero-order chi connectivity index (χ0) is 14.5. The lowest BCUT2D eigenvalue weighted by atomic mass is 10.2. The Labute approximate surface area is 122 Å². The molecule has 2 rings (SSSR count). The van der Waals surface area contributed by atoms with Gasteiger partial charge < -0.3 is 10.6 Å². The van der Waals surface area contributed by atoms with E-state index in [0.717, 1.165) is 25.8 Å². The molecule has 1 saturated carbocycles. The second-order valence-corrected chi connectivity index (χ2v) is 5.88. The van der Waals surface area contributed by atoms with Crippen molar-refractivity contribution in [2.75, 3.05) is 23.4 Å². The monoisotopic (exact) mass is 296 g/mol. The fourth-order valence-electron chi connectivity index (χ4n) is 2.53. The lowest BCUT2D eigenvalue weighted by Gasteiger charge is -2.20. The molecule has 0 aromatic carbocycles. The number of nitrogens with one attached hydrogen (secondary N) is 2. The van der Waals surface area contributed by atoms with E-state index in [-0.39, 0.29) is 16.7 Å². The zero-order valence-electron chi connectivity index (χ0n) is 11.8. The van der Waals surface area contributed by atoms with Crippen LogP contribution in [0.5, 0.6) is 0 Å². The normalized spacial score (nSPS) is 21.7. The highest BCUT2D eigenvalue weighted by Crippen LogP contribution is 2.33. The van der Waals surface area contributed by atoms with E-state index in [1.165, 1.54) is 6.07 Å². The van der Waals surface area contributed by atoms with Gasteiger partial charge in [0.2, 0.25) is 5.82 Å². The van der Waals surface area contributed by atoms with E-state index in [1.54, 1.807) is 6.07 Å². The van der Waals surface area contributed by atoms with Crippen LogP contribution in [0.4, 0.5) is 17.3 Å². The number of nitrogens with zero attached hydrogens (tertiary/aromatic N) is 2. The lowest BCUT2D eigenvalue weighted by molar-refractivity contribution is -0.384. The van der Waals surface area contributed by atoms with Gasteiger partial charge in [-0.2, -0.15) is 11.8 Å². The quantitative estimate of drug-likeness (QED) is 0.620. The summed E-state index contributed by atoms with van der Waals surface area (Å²) in [5.74, 6) is 1.04. The number of nitro groups is 1. The van der Waals surface area contributed by atoms with Gasteiger partial charge in [-0.15, -0.1) is 0 Å². The van der Waals surface area contributed by atoms with E-state index in [9.17, 15) is 10.1 Å². The van der Waals surface area contributed by atoms with Crippen LogP contribution < -0.4 is 10.6 Å². The molecule has 2 N–H and O–H groups in total. The van der Waals surface area contributed by atoms with Crippen LogP contribution in [-0.4, -0.2) is 34.0 Å². The first kappa shape index (κ1) is 14.9. The third-order valence-corrected chi connectivity index (χ3v) is 4.68. The summed E-state index contributed by atoms with van der Waals surface area (Å²) in [5.41, 5.74) is 0.0402. The van der Waals surface area contributed by atoms with Gasteiger partial charge in [-0.1, -0.05) is 6.42 Å². The van der Waals surface area contributed by atoms with Gasteiger partial charge in [0.05, 0.1) is 4.92 Å². The fourth-order valence-corrected chi connectivity index (χ4v) is 3.47. The van der Waals surface area contributed by atoms with Gasteiger partial charge in [0.15, 0.2) is 0 Å². The van der Waals surface area contributed by atoms with Crippen LogP contribution in [0.15, 0.2) is 12.1 Å². The molecule has 1 heterocycles. The average Bonchev–Trinajstić information content (AvgIpc) is 2.86. The topological polar surface area (TPSA) is 80.1 Å². The molecule has 6 nitrogen and oxygen atoms in total. The Morgan fingerprint density at radius 3 is 2.95 bits per heavy atom. The Bertz CT molecular complexity index is 483. The van der Waals surface area contributed by atoms with E-state index in [4.69, 9.17) is 0 Å². The van der Waals surface area contributed by atoms with Crippen LogP contribution in [-0.2, 0) is 0 Å². The molecule has 0 saturated heterocycles. The molecule has 1 aromatic rings. The van der Waals surface area contributed by atoms with E-state index < -0.39 is 0 Å². The predicted octanol–water partition coefficient (Wildman–Crippen LogP) is 3.12. The Hall–Kier alpha value is -1.50. The van der Waals surface area contributed by atoms with Crippen molar-refractivity contribution < 1.29 is 4.92 Å². The molecule has 20 heavy (non-hydrogen) atoms. The number of hydrogen-bond donors (Lipinski definition) is 2. The van der Waals surface area contributed by atoms with Crippen LogP contribution in [0.25, 0.3) is 0 Å². The van der Waals surface area contributed by atoms with Crippen LogP contribution in [0.2, 0.25) is 0 Å². The minimum Gasteiger partial charge on any atom is -0.370 e. The van der Waals surface area contributed by atoms with Gasteiger partial charge in [-0.3, -0.25) is 10.1 Å². The molecular formula is C13H20N4O2S. The smallest absolute Gasteiger partial charge is 0.311 e. The van der Waals surface area contributed by atoms with Crippen molar-refractivity contribution in [2.45, 2.75) is 37.5 Å². The maximum Gasteiger partial charge on any atom is 0.311 e. The summed E-state index contributed by atoms with van der Waals surface area (Å²) in [5, 5.41) is 18.0. The highest BCUT2D eigenvalue weighted by molar-refractivity contribution is 7.99. The van der Waals surface area contributed by atoms with E-state index in [1.807, 2.05) is 18.7 Å². The summed E-state index contributed by atoms with van der Waals surface area (Å²) in [7, 11) is 0. The van der Waals surface area contributed by atoms with Crippen molar-refractivity contribution in [3.63, 3.8) is 0 Å². The third kappa shape index (κ3) is 3.33. The van der Waals surface area contributed by atoms with Gasteiger partial charge >= 0.3 is 5.69 Å². The minimum atomic E-state index is -0.381. The molecule has 2 unspecified atom stereocenters. The summed E-state index contributed by atoms with van der Waals surface area (Å²) >= 11 is 1.81. The average molecular weight is 296 g/mol. The number of thioether (sulfide) groups is 1. The van der Waals surface area contributed by atoms with Crippen molar-refractivity contribution in [1.29, 1.82) is 0 Å². The summed E-state index contributed by atoms with van der Waals surface area (Å²) < 4.78 is 0. The number of hydrogen-bond acceptors (Lipinski definition) is 6. The second kappa shape index (κ2) is 6.78. The molecule has 0 radical (unpaired) electrons. The Kier molecular flexibility index (Phi) is 5.05. The third-order valence-electron chi connectivity index (χ3n) is 3.51. The molecule has 1 aromatic heterocycles. The van der Waals surface area contributed by atoms with Crippen molar-refractivity contribution >= 4 is 29.1 Å². The summed E-state index contributed by atoms with van der Waals surface area (Å²) in [6.45, 7) is 2.71. The molecule has 0 amide bonds. The van der Waals surface area contributed by atoms with Crippen LogP contribution in [0.3, 0.4) is 0 Å². The maximum absolute atomic E-state index is 11.1. The maximum atomic E-state index is 11.1. The molecule has 1 fully saturated rings. The summed E-state index contributed by atoms with van der Waals surface area (Å²) in [4.78, 5) is 15.1. The molecule has 0 aliphatic heterocycles. The standard InChI is InChI=1S/C13H20N4O2S/c1-3-14-12-8-7-10(17(18)19)13(16-12)15-9-5-4-6-11(9)20-2/h7-9,11H,3-6H2,1-2H3,(H2,14,15,16). The zero-order valence-corrected chi connectivity index (χ0v) is 12.6. The van der Waals surface area contributed by atoms with E-state index in [2.05, 4.69) is 21.9 Å². The molecule has 110 valence electrons.